The van der Waals surface area contributed by atoms with E-state index in [2.05, 4.69) is 10.0 Å². The number of likely N-dealkylation sites (tertiary alicyclic amines) is 1. The lowest BCUT2D eigenvalue weighted by atomic mass is 10.0. The van der Waals surface area contributed by atoms with Crippen LogP contribution >= 0.6 is 11.6 Å². The Kier molecular flexibility index (Phi) is 5.03. The number of benzene rings is 2. The van der Waals surface area contributed by atoms with E-state index in [9.17, 15) is 17.6 Å². The van der Waals surface area contributed by atoms with Gasteiger partial charge in [0.05, 0.1) is 10.6 Å². The fraction of sp³-hybridized carbons (Fsp3) is 0.316. The first kappa shape index (κ1) is 19.2. The van der Waals surface area contributed by atoms with Gasteiger partial charge in [0.15, 0.2) is 0 Å². The van der Waals surface area contributed by atoms with E-state index >= 15 is 0 Å². The first-order chi connectivity index (χ1) is 13.3. The summed E-state index contributed by atoms with van der Waals surface area (Å²) in [7, 11) is -3.59. The molecule has 6 nitrogen and oxygen atoms in total. The van der Waals surface area contributed by atoms with E-state index in [1.165, 1.54) is 12.1 Å². The highest BCUT2D eigenvalue weighted by Gasteiger charge is 2.47. The number of anilines is 1. The third-order valence-corrected chi connectivity index (χ3v) is 7.08. The van der Waals surface area contributed by atoms with Crippen LogP contribution in [0.15, 0.2) is 53.4 Å². The van der Waals surface area contributed by atoms with Crippen molar-refractivity contribution in [2.75, 3.05) is 11.9 Å². The van der Waals surface area contributed by atoms with Crippen LogP contribution in [-0.4, -0.2) is 38.0 Å². The van der Waals surface area contributed by atoms with Crippen LogP contribution in [-0.2, 0) is 10.0 Å². The van der Waals surface area contributed by atoms with Gasteiger partial charge in [0.25, 0.3) is 0 Å². The van der Waals surface area contributed by atoms with Crippen molar-refractivity contribution in [1.29, 1.82) is 0 Å². The van der Waals surface area contributed by atoms with E-state index in [0.717, 1.165) is 12.5 Å². The molecule has 9 heteroatoms. The molecule has 2 aromatic rings. The van der Waals surface area contributed by atoms with Gasteiger partial charge in [0.1, 0.15) is 5.82 Å². The van der Waals surface area contributed by atoms with Gasteiger partial charge in [0.2, 0.25) is 10.0 Å². The van der Waals surface area contributed by atoms with Crippen LogP contribution in [0.25, 0.3) is 0 Å². The molecule has 28 heavy (non-hydrogen) atoms. The Labute approximate surface area is 167 Å². The van der Waals surface area contributed by atoms with E-state index < -0.39 is 21.9 Å². The number of halogens is 2. The Morgan fingerprint density at radius 3 is 2.54 bits per heavy atom. The number of amides is 2. The number of nitrogens with one attached hydrogen (secondary N) is 2. The molecule has 0 aromatic heterocycles. The summed E-state index contributed by atoms with van der Waals surface area (Å²) < 4.78 is 41.7. The lowest BCUT2D eigenvalue weighted by Crippen LogP contribution is -2.48. The zero-order chi connectivity index (χ0) is 19.9. The molecule has 4 rings (SSSR count). The molecule has 1 saturated carbocycles. The number of rotatable bonds is 4. The first-order valence-corrected chi connectivity index (χ1v) is 10.8. The van der Waals surface area contributed by atoms with Crippen LogP contribution < -0.4 is 10.0 Å². The monoisotopic (exact) mass is 423 g/mol. The fourth-order valence-corrected chi connectivity index (χ4v) is 5.49. The van der Waals surface area contributed by atoms with E-state index in [0.29, 0.717) is 13.0 Å². The third-order valence-electron chi connectivity index (χ3n) is 5.34. The van der Waals surface area contributed by atoms with E-state index in [-0.39, 0.29) is 33.6 Å². The van der Waals surface area contributed by atoms with Crippen LogP contribution in [0.4, 0.5) is 14.9 Å². The second-order valence-electron chi connectivity index (χ2n) is 7.13. The molecule has 1 saturated heterocycles. The maximum Gasteiger partial charge on any atom is 0.322 e. The molecule has 3 atom stereocenters. The fourth-order valence-electron chi connectivity index (χ4n) is 3.99. The van der Waals surface area contributed by atoms with Gasteiger partial charge in [-0.3, -0.25) is 0 Å². The normalized spacial score (nSPS) is 23.8. The second kappa shape index (κ2) is 7.35. The summed E-state index contributed by atoms with van der Waals surface area (Å²) in [5.74, 6) is -0.567. The van der Waals surface area contributed by atoms with Crippen LogP contribution in [0.3, 0.4) is 0 Å². The molecular weight excluding hydrogens is 405 g/mol. The summed E-state index contributed by atoms with van der Waals surface area (Å²) in [6.45, 7) is 0.424. The number of urea groups is 1. The first-order valence-electron chi connectivity index (χ1n) is 8.93. The number of carbonyl (C=O) groups is 1. The van der Waals surface area contributed by atoms with Gasteiger partial charge in [-0.15, -0.1) is 0 Å². The molecule has 2 aliphatic rings. The highest BCUT2D eigenvalue weighted by atomic mass is 35.5. The van der Waals surface area contributed by atoms with Crippen molar-refractivity contribution >= 4 is 33.3 Å². The zero-order valence-electron chi connectivity index (χ0n) is 14.8. The number of carbonyl (C=O) groups excluding carboxylic acids is 1. The lowest BCUT2D eigenvalue weighted by Gasteiger charge is -2.31. The molecule has 148 valence electrons. The van der Waals surface area contributed by atoms with E-state index in [4.69, 9.17) is 11.6 Å². The molecule has 2 bridgehead atoms. The predicted molar refractivity (Wildman–Crippen MR) is 104 cm³/mol. The summed E-state index contributed by atoms with van der Waals surface area (Å²) in [5, 5.41) is 2.82. The van der Waals surface area contributed by atoms with E-state index in [1.54, 1.807) is 35.2 Å². The molecule has 0 spiro atoms. The predicted octanol–water partition coefficient (Wildman–Crippen LogP) is 3.45. The van der Waals surface area contributed by atoms with Crippen molar-refractivity contribution in [3.05, 3.63) is 59.4 Å². The number of nitrogens with zero attached hydrogens (tertiary/aromatic N) is 1. The van der Waals surface area contributed by atoms with Crippen molar-refractivity contribution in [2.24, 2.45) is 5.92 Å². The van der Waals surface area contributed by atoms with Crippen LogP contribution in [0.1, 0.15) is 12.8 Å². The number of fused-ring (bicyclic) bond motifs is 2. The van der Waals surface area contributed by atoms with Gasteiger partial charge < -0.3 is 10.2 Å². The van der Waals surface area contributed by atoms with Crippen LogP contribution in [0.5, 0.6) is 0 Å². The molecule has 0 unspecified atom stereocenters. The van der Waals surface area contributed by atoms with E-state index in [1.807, 2.05) is 0 Å². The van der Waals surface area contributed by atoms with Crippen molar-refractivity contribution in [3.63, 3.8) is 0 Å². The maximum atomic E-state index is 13.9. The molecular formula is C19H19ClFN3O3S. The standard InChI is InChI=1S/C19H19ClFN3O3S/c20-13-6-7-17(16(21)9-13)22-19(25)24-11-12-8-14(24)10-18(12)23-28(26,27)15-4-2-1-3-5-15/h1-7,9,12,14,18,23H,8,10-11H2,(H,22,25)/t12-,14-,18-/m0/s1. The molecule has 2 aromatic carbocycles. The Morgan fingerprint density at radius 1 is 1.14 bits per heavy atom. The number of piperidine rings is 1. The minimum Gasteiger partial charge on any atom is -0.321 e. The maximum absolute atomic E-state index is 13.9. The smallest absolute Gasteiger partial charge is 0.321 e. The Bertz CT molecular complexity index is 1000. The summed E-state index contributed by atoms with van der Waals surface area (Å²) in [6.07, 6.45) is 1.26. The van der Waals surface area contributed by atoms with Crippen molar-refractivity contribution in [3.8, 4) is 0 Å². The van der Waals surface area contributed by atoms with Gasteiger partial charge in [-0.25, -0.2) is 22.3 Å². The van der Waals surface area contributed by atoms with Crippen LogP contribution in [0, 0.1) is 11.7 Å². The summed E-state index contributed by atoms with van der Waals surface area (Å²) >= 11 is 5.73. The summed E-state index contributed by atoms with van der Waals surface area (Å²) in [4.78, 5) is 14.4. The average molecular weight is 424 g/mol. The highest BCUT2D eigenvalue weighted by Crippen LogP contribution is 2.39. The van der Waals surface area contributed by atoms with Gasteiger partial charge in [-0.05, 0) is 49.1 Å². The Morgan fingerprint density at radius 2 is 1.89 bits per heavy atom. The van der Waals surface area contributed by atoms with Gasteiger partial charge in [-0.2, -0.15) is 0 Å². The van der Waals surface area contributed by atoms with Crippen molar-refractivity contribution < 1.29 is 17.6 Å². The summed E-state index contributed by atoms with van der Waals surface area (Å²) in [6, 6.07) is 11.6. The minimum atomic E-state index is -3.59. The average Bonchev–Trinajstić information content (AvgIpc) is 3.24. The van der Waals surface area contributed by atoms with Gasteiger partial charge in [0, 0.05) is 23.7 Å². The van der Waals surface area contributed by atoms with Gasteiger partial charge >= 0.3 is 6.03 Å². The minimum absolute atomic E-state index is 0.0318. The van der Waals surface area contributed by atoms with Crippen molar-refractivity contribution in [1.82, 2.24) is 9.62 Å². The number of sulfonamides is 1. The van der Waals surface area contributed by atoms with Crippen LogP contribution in [0.2, 0.25) is 5.02 Å². The Balaban J connectivity index is 1.39. The molecule has 1 heterocycles. The molecule has 2 fully saturated rings. The third kappa shape index (κ3) is 3.72. The van der Waals surface area contributed by atoms with Crippen molar-refractivity contribution in [2.45, 2.75) is 29.8 Å². The van der Waals surface area contributed by atoms with Gasteiger partial charge in [-0.1, -0.05) is 29.8 Å². The molecule has 1 aliphatic carbocycles. The zero-order valence-corrected chi connectivity index (χ0v) is 16.4. The molecule has 0 radical (unpaired) electrons. The topological polar surface area (TPSA) is 78.5 Å². The highest BCUT2D eigenvalue weighted by molar-refractivity contribution is 7.89. The largest absolute Gasteiger partial charge is 0.322 e. The molecule has 1 aliphatic heterocycles. The summed E-state index contributed by atoms with van der Waals surface area (Å²) in [5.41, 5.74) is 0.0681. The number of hydrogen-bond donors (Lipinski definition) is 2. The Hall–Kier alpha value is -2.16. The SMILES string of the molecule is O=C(Nc1ccc(Cl)cc1F)N1C[C@@H]2C[C@H]1C[C@@H]2NS(=O)(=O)c1ccccc1. The molecule has 2 N–H and O–H groups in total. The number of hydrogen-bond acceptors (Lipinski definition) is 3. The quantitative estimate of drug-likeness (QED) is 0.790. The second-order valence-corrected chi connectivity index (χ2v) is 9.28. The molecule has 2 amide bonds. The lowest BCUT2D eigenvalue weighted by molar-refractivity contribution is 0.187.